The zero-order valence-electron chi connectivity index (χ0n) is 14.9. The zero-order valence-corrected chi connectivity index (χ0v) is 14.9. The van der Waals surface area contributed by atoms with Gasteiger partial charge in [0.15, 0.2) is 0 Å². The number of carbonyl (C=O) groups excluding carboxylic acids is 1. The maximum Gasteiger partial charge on any atom is 0.277 e. The topological polar surface area (TPSA) is 49.3 Å². The molecule has 0 N–H and O–H groups in total. The van der Waals surface area contributed by atoms with Gasteiger partial charge in [-0.3, -0.25) is 4.79 Å². The molecule has 0 aliphatic carbocycles. The Hall–Kier alpha value is -2.43. The number of fused-ring (bicyclic) bond motifs is 1. The van der Waals surface area contributed by atoms with Gasteiger partial charge in [-0.15, -0.1) is 0 Å². The number of carbonyl (C=O) groups is 1. The monoisotopic (exact) mass is 336 g/mol. The van der Waals surface area contributed by atoms with E-state index in [0.29, 0.717) is 5.69 Å². The first-order valence-corrected chi connectivity index (χ1v) is 9.12. The lowest BCUT2D eigenvalue weighted by Crippen LogP contribution is -2.37. The van der Waals surface area contributed by atoms with E-state index < -0.39 is 0 Å². The lowest BCUT2D eigenvalue weighted by Gasteiger charge is -2.31. The molecule has 0 radical (unpaired) electrons. The van der Waals surface area contributed by atoms with Crippen LogP contribution in [0.3, 0.4) is 0 Å². The molecule has 25 heavy (non-hydrogen) atoms. The second kappa shape index (κ2) is 6.47. The fraction of sp³-hybridized carbons (Fsp3) is 0.450. The number of anilines is 2. The molecule has 3 heterocycles. The van der Waals surface area contributed by atoms with Crippen LogP contribution < -0.4 is 9.80 Å². The molecule has 2 aromatic rings. The fourth-order valence-electron chi connectivity index (χ4n) is 3.87. The van der Waals surface area contributed by atoms with Gasteiger partial charge in [0.1, 0.15) is 17.8 Å². The summed E-state index contributed by atoms with van der Waals surface area (Å²) in [5.74, 6) is 1.60. The summed E-state index contributed by atoms with van der Waals surface area (Å²) in [7, 11) is 0. The highest BCUT2D eigenvalue weighted by atomic mass is 16.2. The molecule has 1 saturated heterocycles. The summed E-state index contributed by atoms with van der Waals surface area (Å²) in [5.41, 5.74) is 2.71. The molecule has 1 atom stereocenters. The Kier molecular flexibility index (Phi) is 4.15. The molecular weight excluding hydrogens is 312 g/mol. The van der Waals surface area contributed by atoms with Crippen LogP contribution in [0.15, 0.2) is 36.7 Å². The molecule has 0 bridgehead atoms. The Morgan fingerprint density at radius 1 is 1.12 bits per heavy atom. The van der Waals surface area contributed by atoms with Gasteiger partial charge in [-0.2, -0.15) is 0 Å². The Balaban J connectivity index is 1.60. The number of hydrogen-bond acceptors (Lipinski definition) is 4. The molecule has 0 saturated carbocycles. The number of amides is 1. The summed E-state index contributed by atoms with van der Waals surface area (Å²) in [4.78, 5) is 25.9. The summed E-state index contributed by atoms with van der Waals surface area (Å²) in [5, 5.41) is 0. The second-order valence-corrected chi connectivity index (χ2v) is 7.29. The molecule has 130 valence electrons. The van der Waals surface area contributed by atoms with Gasteiger partial charge in [-0.1, -0.05) is 25.1 Å². The highest BCUT2D eigenvalue weighted by Crippen LogP contribution is 2.33. The minimum Gasteiger partial charge on any atom is -0.356 e. The van der Waals surface area contributed by atoms with Crippen molar-refractivity contribution >= 4 is 17.4 Å². The largest absolute Gasteiger partial charge is 0.356 e. The van der Waals surface area contributed by atoms with Gasteiger partial charge >= 0.3 is 0 Å². The third-order valence-electron chi connectivity index (χ3n) is 5.41. The van der Waals surface area contributed by atoms with Crippen LogP contribution in [0, 0.1) is 5.92 Å². The zero-order chi connectivity index (χ0) is 17.4. The fourth-order valence-corrected chi connectivity index (χ4v) is 3.87. The Morgan fingerprint density at radius 2 is 1.88 bits per heavy atom. The summed E-state index contributed by atoms with van der Waals surface area (Å²) in [6.45, 7) is 6.37. The van der Waals surface area contributed by atoms with E-state index in [2.05, 4.69) is 34.8 Å². The molecule has 1 amide bonds. The van der Waals surface area contributed by atoms with Crippen LogP contribution in [0.2, 0.25) is 0 Å². The van der Waals surface area contributed by atoms with Crippen LogP contribution in [0.25, 0.3) is 0 Å². The lowest BCUT2D eigenvalue weighted by atomic mass is 9.99. The Bertz CT molecular complexity index is 783. The normalized spacial score (nSPS) is 20.6. The van der Waals surface area contributed by atoms with E-state index in [4.69, 9.17) is 0 Å². The molecule has 4 rings (SSSR count). The summed E-state index contributed by atoms with van der Waals surface area (Å²) in [6, 6.07) is 10.1. The average Bonchev–Trinajstić information content (AvgIpc) is 2.97. The summed E-state index contributed by atoms with van der Waals surface area (Å²) in [6.07, 6.45) is 4.75. The van der Waals surface area contributed by atoms with Crippen molar-refractivity contribution in [3.63, 3.8) is 0 Å². The number of aromatic nitrogens is 2. The number of rotatable bonds is 2. The quantitative estimate of drug-likeness (QED) is 0.844. The van der Waals surface area contributed by atoms with Gasteiger partial charge in [0.2, 0.25) is 0 Å². The molecule has 1 aromatic heterocycles. The Labute approximate surface area is 148 Å². The summed E-state index contributed by atoms with van der Waals surface area (Å²) < 4.78 is 0. The van der Waals surface area contributed by atoms with E-state index >= 15 is 0 Å². The SMILES string of the molecule is CC1CCN(c2cc(C(=O)N3c4ccccc4CC3C)ncn2)CC1. The van der Waals surface area contributed by atoms with E-state index in [1.54, 1.807) is 0 Å². The maximum atomic E-state index is 13.1. The van der Waals surface area contributed by atoms with Gasteiger partial charge < -0.3 is 9.80 Å². The highest BCUT2D eigenvalue weighted by Gasteiger charge is 2.32. The van der Waals surface area contributed by atoms with Crippen molar-refractivity contribution in [3.05, 3.63) is 47.9 Å². The maximum absolute atomic E-state index is 13.1. The number of para-hydroxylation sites is 1. The minimum absolute atomic E-state index is 0.0357. The first kappa shape index (κ1) is 16.1. The van der Waals surface area contributed by atoms with Gasteiger partial charge in [0.05, 0.1) is 0 Å². The molecule has 5 nitrogen and oxygen atoms in total. The number of nitrogens with zero attached hydrogens (tertiary/aromatic N) is 4. The van der Waals surface area contributed by atoms with Crippen LogP contribution in [0.1, 0.15) is 42.7 Å². The molecular formula is C20H24N4O. The van der Waals surface area contributed by atoms with Crippen molar-refractivity contribution in [2.45, 2.75) is 39.2 Å². The number of hydrogen-bond donors (Lipinski definition) is 0. The van der Waals surface area contributed by atoms with Crippen LogP contribution in [-0.4, -0.2) is 35.0 Å². The lowest BCUT2D eigenvalue weighted by molar-refractivity contribution is 0.0976. The molecule has 2 aliphatic heterocycles. The van der Waals surface area contributed by atoms with Crippen molar-refractivity contribution in [1.82, 2.24) is 9.97 Å². The van der Waals surface area contributed by atoms with Crippen molar-refractivity contribution in [2.75, 3.05) is 22.9 Å². The van der Waals surface area contributed by atoms with E-state index in [-0.39, 0.29) is 11.9 Å². The number of benzene rings is 1. The van der Waals surface area contributed by atoms with Crippen molar-refractivity contribution in [1.29, 1.82) is 0 Å². The van der Waals surface area contributed by atoms with Crippen LogP contribution in [-0.2, 0) is 6.42 Å². The third-order valence-corrected chi connectivity index (χ3v) is 5.41. The van der Waals surface area contributed by atoms with Crippen LogP contribution >= 0.6 is 0 Å². The average molecular weight is 336 g/mol. The van der Waals surface area contributed by atoms with Gasteiger partial charge in [-0.25, -0.2) is 9.97 Å². The van der Waals surface area contributed by atoms with Crippen molar-refractivity contribution < 1.29 is 4.79 Å². The van der Waals surface area contributed by atoms with E-state index in [9.17, 15) is 4.79 Å². The van der Waals surface area contributed by atoms with Gasteiger partial charge in [0, 0.05) is 30.9 Å². The predicted octanol–water partition coefficient (Wildman–Crippen LogP) is 3.30. The van der Waals surface area contributed by atoms with Crippen molar-refractivity contribution in [3.8, 4) is 0 Å². The molecule has 1 fully saturated rings. The van der Waals surface area contributed by atoms with Crippen LogP contribution in [0.5, 0.6) is 0 Å². The highest BCUT2D eigenvalue weighted by molar-refractivity contribution is 6.06. The van der Waals surface area contributed by atoms with Crippen molar-refractivity contribution in [2.24, 2.45) is 5.92 Å². The number of piperidine rings is 1. The van der Waals surface area contributed by atoms with Crippen LogP contribution in [0.4, 0.5) is 11.5 Å². The minimum atomic E-state index is -0.0357. The molecule has 1 aromatic carbocycles. The standard InChI is InChI=1S/C20H24N4O/c1-14-7-9-23(10-8-14)19-12-17(21-13-22-19)20(25)24-15(2)11-16-5-3-4-6-18(16)24/h3-6,12-15H,7-11H2,1-2H3. The second-order valence-electron chi connectivity index (χ2n) is 7.29. The first-order valence-electron chi connectivity index (χ1n) is 9.12. The third kappa shape index (κ3) is 2.99. The molecule has 2 aliphatic rings. The van der Waals surface area contributed by atoms with Gasteiger partial charge in [-0.05, 0) is 43.7 Å². The van der Waals surface area contributed by atoms with E-state index in [1.807, 2.05) is 29.2 Å². The first-order chi connectivity index (χ1) is 12.1. The van der Waals surface area contributed by atoms with E-state index in [1.165, 1.54) is 24.7 Å². The summed E-state index contributed by atoms with van der Waals surface area (Å²) >= 11 is 0. The van der Waals surface area contributed by atoms with E-state index in [0.717, 1.165) is 36.9 Å². The molecule has 0 spiro atoms. The molecule has 5 heteroatoms. The van der Waals surface area contributed by atoms with Gasteiger partial charge in [0.25, 0.3) is 5.91 Å². The molecule has 1 unspecified atom stereocenters. The Morgan fingerprint density at radius 3 is 2.68 bits per heavy atom. The predicted molar refractivity (Wildman–Crippen MR) is 99.1 cm³/mol. The smallest absolute Gasteiger partial charge is 0.277 e.